The van der Waals surface area contributed by atoms with Crippen molar-refractivity contribution in [1.29, 1.82) is 5.41 Å². The normalized spacial score (nSPS) is 12.4. The van der Waals surface area contributed by atoms with Crippen molar-refractivity contribution in [2.75, 3.05) is 46.2 Å². The number of carbonyl (C=O) groups is 2. The molecule has 1 atom stereocenters. The first-order valence-electron chi connectivity index (χ1n) is 13.2. The fourth-order valence-electron chi connectivity index (χ4n) is 4.33. The van der Waals surface area contributed by atoms with Crippen LogP contribution in [0.2, 0.25) is 0 Å². The van der Waals surface area contributed by atoms with Crippen LogP contribution >= 0.6 is 11.3 Å². The van der Waals surface area contributed by atoms with Crippen LogP contribution in [-0.4, -0.2) is 77.6 Å². The standard InChI is InChI=1S/C29H38N6O5S2/c1-18-14-19(2)26(20(3)15-18)42(38,39)34-23(28(37)40-13-12-35(4,5)6)17-32-27(36)25-11-10-24(41-25)21-8-7-9-22(16-21)33-29(30)31/h7-11,14-16,23,34H,12-13,17H2,1-6H3,(H4-,30,31,32,33,36)/p+1. The molecule has 42 heavy (non-hydrogen) atoms. The predicted molar refractivity (Wildman–Crippen MR) is 166 cm³/mol. The molecule has 0 aliphatic rings. The molecule has 0 bridgehead atoms. The van der Waals surface area contributed by atoms with Crippen LogP contribution in [0.1, 0.15) is 26.4 Å². The predicted octanol–water partition coefficient (Wildman–Crippen LogP) is 2.97. The lowest BCUT2D eigenvalue weighted by Gasteiger charge is -2.24. The number of quaternary nitrogens is 1. The number of sulfonamides is 1. The van der Waals surface area contributed by atoms with Gasteiger partial charge in [0.25, 0.3) is 5.91 Å². The van der Waals surface area contributed by atoms with E-state index in [1.807, 2.05) is 34.1 Å². The van der Waals surface area contributed by atoms with Gasteiger partial charge in [-0.15, -0.1) is 11.3 Å². The Balaban J connectivity index is 1.79. The van der Waals surface area contributed by atoms with Gasteiger partial charge in [0.15, 0.2) is 5.96 Å². The molecular weight excluding hydrogens is 576 g/mol. The van der Waals surface area contributed by atoms with Crippen molar-refractivity contribution < 1.29 is 27.2 Å². The number of nitrogens with two attached hydrogens (primary N) is 1. The van der Waals surface area contributed by atoms with Gasteiger partial charge < -0.3 is 25.6 Å². The van der Waals surface area contributed by atoms with E-state index >= 15 is 0 Å². The van der Waals surface area contributed by atoms with Crippen LogP contribution in [0, 0.1) is 26.2 Å². The number of guanidine groups is 1. The smallest absolute Gasteiger partial charge is 0.326 e. The van der Waals surface area contributed by atoms with E-state index in [4.69, 9.17) is 15.9 Å². The molecule has 3 aromatic rings. The highest BCUT2D eigenvalue weighted by molar-refractivity contribution is 7.89. The lowest BCUT2D eigenvalue weighted by molar-refractivity contribution is -0.870. The first-order chi connectivity index (χ1) is 19.6. The molecule has 0 spiro atoms. The van der Waals surface area contributed by atoms with Gasteiger partial charge >= 0.3 is 5.97 Å². The second-order valence-electron chi connectivity index (χ2n) is 11.1. The summed E-state index contributed by atoms with van der Waals surface area (Å²) in [6.07, 6.45) is 0. The van der Waals surface area contributed by atoms with Crippen LogP contribution in [0.4, 0.5) is 5.69 Å². The molecule has 0 aliphatic carbocycles. The molecule has 0 radical (unpaired) electrons. The first-order valence-corrected chi connectivity index (χ1v) is 15.5. The number of hydrogen-bond donors (Lipinski definition) is 5. The van der Waals surface area contributed by atoms with Crippen molar-refractivity contribution in [3.8, 4) is 10.4 Å². The summed E-state index contributed by atoms with van der Waals surface area (Å²) in [6, 6.07) is 12.9. The number of hydrogen-bond acceptors (Lipinski definition) is 7. The topological polar surface area (TPSA) is 163 Å². The SMILES string of the molecule is Cc1cc(C)c(S(=O)(=O)NC(CNC(=O)c2ccc(-c3cccc(NC(=N)N)c3)s2)C(=O)OCC[N+](C)(C)C)c(C)c1. The van der Waals surface area contributed by atoms with Gasteiger partial charge in [-0.25, -0.2) is 8.42 Å². The summed E-state index contributed by atoms with van der Waals surface area (Å²) in [6.45, 7) is 5.58. The molecular formula is C29H39N6O5S2+. The molecule has 1 aromatic heterocycles. The van der Waals surface area contributed by atoms with Gasteiger partial charge in [-0.3, -0.25) is 15.0 Å². The van der Waals surface area contributed by atoms with Gasteiger partial charge in [0, 0.05) is 17.1 Å². The van der Waals surface area contributed by atoms with Crippen LogP contribution in [-0.2, 0) is 19.6 Å². The number of thiophene rings is 1. The Morgan fingerprint density at radius 2 is 1.71 bits per heavy atom. The molecule has 2 aromatic carbocycles. The summed E-state index contributed by atoms with van der Waals surface area (Å²) >= 11 is 1.23. The zero-order chi connectivity index (χ0) is 31.2. The number of ether oxygens (including phenoxy) is 1. The van der Waals surface area contributed by atoms with E-state index in [2.05, 4.69) is 15.4 Å². The van der Waals surface area contributed by atoms with Crippen LogP contribution < -0.4 is 21.1 Å². The molecule has 0 aliphatic heterocycles. The van der Waals surface area contributed by atoms with Gasteiger partial charge in [-0.1, -0.05) is 29.8 Å². The second-order valence-corrected chi connectivity index (χ2v) is 13.8. The third-order valence-electron chi connectivity index (χ3n) is 6.18. The van der Waals surface area contributed by atoms with Crippen molar-refractivity contribution in [3.05, 3.63) is 70.1 Å². The Morgan fingerprint density at radius 1 is 1.05 bits per heavy atom. The maximum Gasteiger partial charge on any atom is 0.326 e. The number of aryl methyl sites for hydroxylation is 3. The zero-order valence-corrected chi connectivity index (χ0v) is 26.3. The Hall–Kier alpha value is -3.78. The number of nitrogens with zero attached hydrogens (tertiary/aromatic N) is 1. The van der Waals surface area contributed by atoms with E-state index in [0.717, 1.165) is 16.0 Å². The third kappa shape index (κ3) is 9.11. The maximum atomic E-state index is 13.4. The number of amides is 1. The maximum absolute atomic E-state index is 13.4. The van der Waals surface area contributed by atoms with Crippen LogP contribution in [0.5, 0.6) is 0 Å². The second kappa shape index (κ2) is 13.5. The average molecular weight is 616 g/mol. The molecule has 3 rings (SSSR count). The van der Waals surface area contributed by atoms with Crippen LogP contribution in [0.25, 0.3) is 10.4 Å². The molecule has 13 heteroatoms. The number of nitrogens with one attached hydrogen (secondary N) is 4. The van der Waals surface area contributed by atoms with Crippen molar-refractivity contribution >= 4 is 44.9 Å². The van der Waals surface area contributed by atoms with Crippen LogP contribution in [0.3, 0.4) is 0 Å². The molecule has 0 fully saturated rings. The molecule has 1 heterocycles. The van der Waals surface area contributed by atoms with Crippen molar-refractivity contribution in [2.45, 2.75) is 31.7 Å². The van der Waals surface area contributed by atoms with Crippen molar-refractivity contribution in [2.24, 2.45) is 5.73 Å². The lowest BCUT2D eigenvalue weighted by atomic mass is 10.1. The van der Waals surface area contributed by atoms with Gasteiger partial charge in [-0.2, -0.15) is 4.72 Å². The zero-order valence-electron chi connectivity index (χ0n) is 24.7. The minimum atomic E-state index is -4.13. The number of carbonyl (C=O) groups excluding carboxylic acids is 2. The quantitative estimate of drug-likeness (QED) is 0.0905. The lowest BCUT2D eigenvalue weighted by Crippen LogP contribution is -2.50. The van der Waals surface area contributed by atoms with Crippen molar-refractivity contribution in [1.82, 2.24) is 10.0 Å². The molecule has 11 nitrogen and oxygen atoms in total. The fourth-order valence-corrected chi connectivity index (χ4v) is 6.89. The molecule has 1 amide bonds. The summed E-state index contributed by atoms with van der Waals surface area (Å²) < 4.78 is 35.3. The molecule has 6 N–H and O–H groups in total. The Morgan fingerprint density at radius 3 is 2.33 bits per heavy atom. The first kappa shape index (κ1) is 32.7. The van der Waals surface area contributed by atoms with E-state index in [9.17, 15) is 18.0 Å². The number of likely N-dealkylation sites (N-methyl/N-ethyl adjacent to an activating group) is 1. The van der Waals surface area contributed by atoms with E-state index in [1.165, 1.54) is 11.3 Å². The van der Waals surface area contributed by atoms with Gasteiger partial charge in [-0.05, 0) is 61.7 Å². The van der Waals surface area contributed by atoms with Crippen molar-refractivity contribution in [3.63, 3.8) is 0 Å². The molecule has 0 saturated heterocycles. The Kier molecular flexibility index (Phi) is 10.5. The number of rotatable bonds is 12. The average Bonchev–Trinajstić information content (AvgIpc) is 3.35. The Bertz CT molecular complexity index is 1550. The molecule has 0 saturated carbocycles. The summed E-state index contributed by atoms with van der Waals surface area (Å²) in [4.78, 5) is 27.4. The molecule has 1 unspecified atom stereocenters. The van der Waals surface area contributed by atoms with E-state index in [0.29, 0.717) is 32.7 Å². The highest BCUT2D eigenvalue weighted by Gasteiger charge is 2.30. The summed E-state index contributed by atoms with van der Waals surface area (Å²) in [5, 5.41) is 12.8. The highest BCUT2D eigenvalue weighted by atomic mass is 32.2. The number of benzene rings is 2. The largest absolute Gasteiger partial charge is 0.458 e. The minimum Gasteiger partial charge on any atom is -0.458 e. The summed E-state index contributed by atoms with van der Waals surface area (Å²) in [5.74, 6) is -1.43. The number of esters is 1. The van der Waals surface area contributed by atoms with E-state index in [-0.39, 0.29) is 24.0 Å². The van der Waals surface area contributed by atoms with E-state index in [1.54, 1.807) is 56.3 Å². The fraction of sp³-hybridized carbons (Fsp3) is 0.345. The Labute approximate surface area is 251 Å². The third-order valence-corrected chi connectivity index (χ3v) is 9.09. The van der Waals surface area contributed by atoms with E-state index < -0.39 is 27.9 Å². The van der Waals surface area contributed by atoms with Gasteiger partial charge in [0.2, 0.25) is 10.0 Å². The highest BCUT2D eigenvalue weighted by Crippen LogP contribution is 2.30. The summed E-state index contributed by atoms with van der Waals surface area (Å²) in [5.41, 5.74) is 8.90. The monoisotopic (exact) mass is 615 g/mol. The number of anilines is 1. The minimum absolute atomic E-state index is 0.0862. The van der Waals surface area contributed by atoms with Gasteiger partial charge in [0.05, 0.1) is 30.9 Å². The summed E-state index contributed by atoms with van der Waals surface area (Å²) in [7, 11) is 1.71. The molecule has 226 valence electrons. The van der Waals surface area contributed by atoms with Crippen LogP contribution in [0.15, 0.2) is 53.4 Å². The van der Waals surface area contributed by atoms with Gasteiger partial charge in [0.1, 0.15) is 19.2 Å².